The molecule has 2 rings (SSSR count). The fourth-order valence-corrected chi connectivity index (χ4v) is 2.55. The van der Waals surface area contributed by atoms with Crippen molar-refractivity contribution in [1.29, 1.82) is 0 Å². The van der Waals surface area contributed by atoms with Gasteiger partial charge in [-0.1, -0.05) is 29.3 Å². The normalized spacial score (nSPS) is 17.2. The Morgan fingerprint density at radius 2 is 1.75 bits per heavy atom. The summed E-state index contributed by atoms with van der Waals surface area (Å²) < 4.78 is 26.5. The summed E-state index contributed by atoms with van der Waals surface area (Å²) >= 11 is 11.6. The molecule has 0 radical (unpaired) electrons. The molecule has 3 nitrogen and oxygen atoms in total. The van der Waals surface area contributed by atoms with Crippen molar-refractivity contribution in [2.75, 3.05) is 26.2 Å². The third-order valence-electron chi connectivity index (χ3n) is 2.95. The fraction of sp³-hybridized carbons (Fsp3) is 0.545. The monoisotopic (exact) mass is 367 g/mol. The molecule has 1 N–H and O–H groups in total. The number of rotatable bonds is 3. The molecule has 1 atom stereocenters. The molecular weight excluding hydrogens is 354 g/mol. The van der Waals surface area contributed by atoms with Gasteiger partial charge in [0, 0.05) is 31.7 Å². The Balaban J connectivity index is 0.00000180. The molecule has 116 valence electrons. The summed E-state index contributed by atoms with van der Waals surface area (Å²) in [5.41, 5.74) is 0.331. The van der Waals surface area contributed by atoms with Crippen LogP contribution in [0.1, 0.15) is 11.6 Å². The zero-order valence-corrected chi connectivity index (χ0v) is 13.5. The first-order chi connectivity index (χ1) is 8.59. The lowest BCUT2D eigenvalue weighted by atomic mass is 10.1. The first-order valence-corrected chi connectivity index (χ1v) is 6.40. The highest BCUT2D eigenvalue weighted by atomic mass is 35.5. The number of pyridine rings is 1. The Hall–Kier alpha value is 0.0900. The van der Waals surface area contributed by atoms with Gasteiger partial charge >= 0.3 is 0 Å². The van der Waals surface area contributed by atoms with Crippen LogP contribution in [0, 0.1) is 0 Å². The maximum atomic E-state index is 13.3. The molecule has 1 aromatic heterocycles. The highest BCUT2D eigenvalue weighted by molar-refractivity contribution is 6.32. The molecule has 20 heavy (non-hydrogen) atoms. The molecule has 0 saturated carbocycles. The van der Waals surface area contributed by atoms with Crippen molar-refractivity contribution in [3.8, 4) is 0 Å². The van der Waals surface area contributed by atoms with E-state index in [0.717, 1.165) is 0 Å². The molecule has 0 spiro atoms. The molecule has 1 aliphatic rings. The average molecular weight is 369 g/mol. The van der Waals surface area contributed by atoms with E-state index in [-0.39, 0.29) is 35.1 Å². The number of hydrogen-bond donors (Lipinski definition) is 1. The Kier molecular flexibility index (Phi) is 9.22. The van der Waals surface area contributed by atoms with E-state index in [2.05, 4.69) is 10.3 Å². The first kappa shape index (κ1) is 20.1. The quantitative estimate of drug-likeness (QED) is 0.828. The Morgan fingerprint density at radius 3 is 2.25 bits per heavy atom. The maximum absolute atomic E-state index is 13.3. The number of nitrogens with one attached hydrogen (secondary N) is 1. The molecular formula is C11H15Cl4F2N3. The van der Waals surface area contributed by atoms with Gasteiger partial charge in [-0.25, -0.2) is 13.8 Å². The zero-order chi connectivity index (χ0) is 13.1. The van der Waals surface area contributed by atoms with E-state index < -0.39 is 12.5 Å². The van der Waals surface area contributed by atoms with Gasteiger partial charge in [0.05, 0.1) is 6.04 Å². The van der Waals surface area contributed by atoms with Crippen molar-refractivity contribution in [2.24, 2.45) is 0 Å². The molecule has 0 bridgehead atoms. The standard InChI is InChI=1S/C11H13Cl2F2N3.2ClH/c12-8-2-1-7(10(13)17-8)9(11(14)15)18-5-3-16-4-6-18;;/h1-2,9,11,16H,3-6H2;2*1H/t9-;;/m0../s1. The predicted octanol–water partition coefficient (Wildman–Crippen LogP) is 3.44. The van der Waals surface area contributed by atoms with Gasteiger partial charge < -0.3 is 5.32 Å². The third-order valence-corrected chi connectivity index (χ3v) is 3.46. The Morgan fingerprint density at radius 1 is 1.15 bits per heavy atom. The zero-order valence-electron chi connectivity index (χ0n) is 10.4. The van der Waals surface area contributed by atoms with Crippen LogP contribution in [0.2, 0.25) is 10.3 Å². The molecule has 0 unspecified atom stereocenters. The lowest BCUT2D eigenvalue weighted by Crippen LogP contribution is -2.47. The molecule has 0 aliphatic carbocycles. The van der Waals surface area contributed by atoms with Crippen LogP contribution in [0.3, 0.4) is 0 Å². The summed E-state index contributed by atoms with van der Waals surface area (Å²) in [7, 11) is 0. The number of piperazine rings is 1. The number of alkyl halides is 2. The molecule has 9 heteroatoms. The van der Waals surface area contributed by atoms with E-state index in [9.17, 15) is 8.78 Å². The van der Waals surface area contributed by atoms with Crippen molar-refractivity contribution >= 4 is 48.0 Å². The van der Waals surface area contributed by atoms with E-state index in [1.165, 1.54) is 12.1 Å². The van der Waals surface area contributed by atoms with Gasteiger partial charge in [-0.05, 0) is 6.07 Å². The topological polar surface area (TPSA) is 28.2 Å². The minimum Gasteiger partial charge on any atom is -0.314 e. The Bertz CT molecular complexity index is 417. The number of aromatic nitrogens is 1. The lowest BCUT2D eigenvalue weighted by Gasteiger charge is -2.34. The minimum atomic E-state index is -2.51. The first-order valence-electron chi connectivity index (χ1n) is 5.64. The van der Waals surface area contributed by atoms with Crippen LogP contribution in [-0.2, 0) is 0 Å². The molecule has 1 aliphatic heterocycles. The van der Waals surface area contributed by atoms with Crippen molar-refractivity contribution in [2.45, 2.75) is 12.5 Å². The summed E-state index contributed by atoms with van der Waals surface area (Å²) in [4.78, 5) is 5.55. The van der Waals surface area contributed by atoms with Crippen molar-refractivity contribution in [1.82, 2.24) is 15.2 Å². The summed E-state index contributed by atoms with van der Waals surface area (Å²) in [5.74, 6) is 0. The second-order valence-corrected chi connectivity index (χ2v) is 4.82. The molecule has 1 fully saturated rings. The van der Waals surface area contributed by atoms with Crippen LogP contribution in [0.5, 0.6) is 0 Å². The van der Waals surface area contributed by atoms with Gasteiger partial charge in [-0.3, -0.25) is 4.90 Å². The van der Waals surface area contributed by atoms with Gasteiger partial charge in [-0.2, -0.15) is 0 Å². The van der Waals surface area contributed by atoms with Crippen LogP contribution in [0.15, 0.2) is 12.1 Å². The molecule has 2 heterocycles. The molecule has 1 saturated heterocycles. The SMILES string of the molecule is Cl.Cl.FC(F)[C@H](c1ccc(Cl)nc1Cl)N1CCNCC1. The fourth-order valence-electron chi connectivity index (χ4n) is 2.10. The van der Waals surface area contributed by atoms with Crippen LogP contribution >= 0.6 is 48.0 Å². The van der Waals surface area contributed by atoms with Crippen molar-refractivity contribution in [3.05, 3.63) is 28.0 Å². The minimum absolute atomic E-state index is 0. The van der Waals surface area contributed by atoms with Crippen LogP contribution < -0.4 is 5.32 Å². The second-order valence-electron chi connectivity index (χ2n) is 4.08. The van der Waals surface area contributed by atoms with Gasteiger partial charge in [0.15, 0.2) is 0 Å². The van der Waals surface area contributed by atoms with Crippen LogP contribution in [0.4, 0.5) is 8.78 Å². The number of nitrogens with zero attached hydrogens (tertiary/aromatic N) is 2. The summed E-state index contributed by atoms with van der Waals surface area (Å²) in [6.45, 7) is 2.52. The van der Waals surface area contributed by atoms with Gasteiger partial charge in [0.1, 0.15) is 10.3 Å². The molecule has 0 amide bonds. The highest BCUT2D eigenvalue weighted by Crippen LogP contribution is 2.32. The molecule has 1 aromatic rings. The summed E-state index contributed by atoms with van der Waals surface area (Å²) in [5, 5.41) is 3.38. The van der Waals surface area contributed by atoms with E-state index in [1.54, 1.807) is 4.90 Å². The van der Waals surface area contributed by atoms with Crippen molar-refractivity contribution in [3.63, 3.8) is 0 Å². The van der Waals surface area contributed by atoms with Crippen molar-refractivity contribution < 1.29 is 8.78 Å². The lowest BCUT2D eigenvalue weighted by molar-refractivity contribution is 0.0180. The summed E-state index contributed by atoms with van der Waals surface area (Å²) in [6.07, 6.45) is -2.51. The van der Waals surface area contributed by atoms with E-state index in [1.807, 2.05) is 0 Å². The van der Waals surface area contributed by atoms with E-state index in [0.29, 0.717) is 31.7 Å². The smallest absolute Gasteiger partial charge is 0.258 e. The van der Waals surface area contributed by atoms with E-state index in [4.69, 9.17) is 23.2 Å². The largest absolute Gasteiger partial charge is 0.314 e. The summed E-state index contributed by atoms with van der Waals surface area (Å²) in [6, 6.07) is 1.99. The van der Waals surface area contributed by atoms with E-state index >= 15 is 0 Å². The third kappa shape index (κ3) is 4.83. The van der Waals surface area contributed by atoms with Gasteiger partial charge in [-0.15, -0.1) is 24.8 Å². The van der Waals surface area contributed by atoms with Gasteiger partial charge in [0.2, 0.25) is 0 Å². The predicted molar refractivity (Wildman–Crippen MR) is 81.9 cm³/mol. The number of hydrogen-bond acceptors (Lipinski definition) is 3. The second kappa shape index (κ2) is 9.18. The highest BCUT2D eigenvalue weighted by Gasteiger charge is 2.32. The van der Waals surface area contributed by atoms with Crippen LogP contribution in [-0.4, -0.2) is 42.5 Å². The Labute approximate surface area is 138 Å². The number of halogens is 6. The van der Waals surface area contributed by atoms with Gasteiger partial charge in [0.25, 0.3) is 6.43 Å². The average Bonchev–Trinajstić information content (AvgIpc) is 2.33. The maximum Gasteiger partial charge on any atom is 0.258 e. The van der Waals surface area contributed by atoms with Crippen LogP contribution in [0.25, 0.3) is 0 Å². The molecule has 0 aromatic carbocycles.